The molecule has 228 valence electrons. The molecule has 0 saturated heterocycles. The Morgan fingerprint density at radius 1 is 0.886 bits per heavy atom. The van der Waals surface area contributed by atoms with E-state index in [1.807, 2.05) is 0 Å². The number of aromatic hydroxyl groups is 1. The summed E-state index contributed by atoms with van der Waals surface area (Å²) in [5, 5.41) is 13.4. The molecule has 4 aliphatic rings. The second-order valence-corrected chi connectivity index (χ2v) is 12.5. The molecule has 44 heavy (non-hydrogen) atoms. The molecular weight excluding hydrogens is 590 g/mol. The van der Waals surface area contributed by atoms with E-state index < -0.39 is 32.6 Å². The number of nitrogens with one attached hydrogen (secondary N) is 1. The van der Waals surface area contributed by atoms with Gasteiger partial charge >= 0.3 is 0 Å². The smallest absolute Gasteiger partial charge is 0.249 e. The minimum atomic E-state index is -4.61. The topological polar surface area (TPSA) is 105 Å². The van der Waals surface area contributed by atoms with E-state index in [0.29, 0.717) is 48.6 Å². The van der Waals surface area contributed by atoms with Crippen LogP contribution in [0.4, 0.5) is 8.78 Å². The highest BCUT2D eigenvalue weighted by atomic mass is 32.2. The van der Waals surface area contributed by atoms with Crippen molar-refractivity contribution in [3.05, 3.63) is 113 Å². The van der Waals surface area contributed by atoms with Crippen LogP contribution < -0.4 is 14.8 Å². The zero-order valence-electron chi connectivity index (χ0n) is 23.6. The summed E-state index contributed by atoms with van der Waals surface area (Å²) >= 11 is 0. The SMILES string of the molecule is O=C1CCc2ccc(O)c(c2)Oc2ccc3c(c2)CCN(S(=O)(=O)c2c(F)cccc2F)C3c2ccc(cc2)OCCCN1. The molecule has 0 saturated carbocycles. The highest BCUT2D eigenvalue weighted by Gasteiger charge is 2.40. The lowest BCUT2D eigenvalue weighted by Crippen LogP contribution is -2.41. The fourth-order valence-corrected chi connectivity index (χ4v) is 7.31. The van der Waals surface area contributed by atoms with Gasteiger partial charge in [0.1, 0.15) is 23.1 Å². The predicted octanol–water partition coefficient (Wildman–Crippen LogP) is 5.63. The summed E-state index contributed by atoms with van der Waals surface area (Å²) in [6.07, 6.45) is 1.54. The molecule has 8 rings (SSSR count). The van der Waals surface area contributed by atoms with Gasteiger partial charge < -0.3 is 19.9 Å². The molecule has 0 radical (unpaired) electrons. The zero-order chi connectivity index (χ0) is 30.8. The van der Waals surface area contributed by atoms with Crippen molar-refractivity contribution in [2.75, 3.05) is 19.7 Å². The number of amides is 1. The number of benzene rings is 4. The summed E-state index contributed by atoms with van der Waals surface area (Å²) < 4.78 is 70.3. The number of hydrogen-bond acceptors (Lipinski definition) is 6. The van der Waals surface area contributed by atoms with Gasteiger partial charge in [-0.05, 0) is 90.0 Å². The third-order valence-corrected chi connectivity index (χ3v) is 9.70. The van der Waals surface area contributed by atoms with Gasteiger partial charge in [-0.15, -0.1) is 0 Å². The van der Waals surface area contributed by atoms with Gasteiger partial charge in [0.05, 0.1) is 12.6 Å². The van der Waals surface area contributed by atoms with E-state index in [1.54, 1.807) is 54.6 Å². The lowest BCUT2D eigenvalue weighted by atomic mass is 9.89. The summed E-state index contributed by atoms with van der Waals surface area (Å²) in [6.45, 7) is 0.733. The number of phenolic OH excluding ortho intramolecular Hbond substituents is 1. The van der Waals surface area contributed by atoms with Gasteiger partial charge in [-0.25, -0.2) is 17.2 Å². The van der Waals surface area contributed by atoms with Crippen LogP contribution in [0.1, 0.15) is 41.1 Å². The molecule has 1 amide bonds. The molecule has 0 fully saturated rings. The lowest BCUT2D eigenvalue weighted by Gasteiger charge is -2.37. The molecule has 0 spiro atoms. The van der Waals surface area contributed by atoms with Crippen LogP contribution in [0.2, 0.25) is 0 Å². The number of sulfonamides is 1. The van der Waals surface area contributed by atoms with Crippen molar-refractivity contribution in [1.29, 1.82) is 0 Å². The molecule has 4 aliphatic heterocycles. The number of carbonyl (C=O) groups excluding carboxylic acids is 1. The molecule has 0 aromatic heterocycles. The Bertz CT molecular complexity index is 1790. The first-order valence-electron chi connectivity index (χ1n) is 14.3. The normalized spacial score (nSPS) is 17.7. The summed E-state index contributed by atoms with van der Waals surface area (Å²) in [7, 11) is -4.61. The molecule has 0 aliphatic carbocycles. The molecule has 8 bridgehead atoms. The number of halogens is 2. The Morgan fingerprint density at radius 3 is 2.41 bits per heavy atom. The van der Waals surface area contributed by atoms with E-state index in [2.05, 4.69) is 5.32 Å². The summed E-state index contributed by atoms with van der Waals surface area (Å²) in [4.78, 5) is 11.4. The number of phenols is 1. The average Bonchev–Trinajstić information content (AvgIpc) is 3.00. The van der Waals surface area contributed by atoms with Gasteiger partial charge in [0.25, 0.3) is 0 Å². The van der Waals surface area contributed by atoms with Crippen molar-refractivity contribution in [1.82, 2.24) is 9.62 Å². The van der Waals surface area contributed by atoms with E-state index in [0.717, 1.165) is 33.6 Å². The van der Waals surface area contributed by atoms with Crippen LogP contribution in [-0.2, 0) is 27.7 Å². The molecular formula is C33H30F2N2O6S. The first-order chi connectivity index (χ1) is 21.2. The lowest BCUT2D eigenvalue weighted by molar-refractivity contribution is -0.121. The van der Waals surface area contributed by atoms with E-state index in [4.69, 9.17) is 9.47 Å². The Hall–Kier alpha value is -4.48. The molecule has 11 heteroatoms. The van der Waals surface area contributed by atoms with Gasteiger partial charge in [-0.1, -0.05) is 30.3 Å². The van der Waals surface area contributed by atoms with Crippen LogP contribution in [-0.4, -0.2) is 43.4 Å². The second-order valence-electron chi connectivity index (χ2n) is 10.7. The largest absolute Gasteiger partial charge is 0.504 e. The Balaban J connectivity index is 1.43. The number of hydrogen-bond donors (Lipinski definition) is 2. The summed E-state index contributed by atoms with van der Waals surface area (Å²) in [6, 6.07) is 19.1. The molecule has 4 aromatic carbocycles. The highest BCUT2D eigenvalue weighted by molar-refractivity contribution is 7.89. The Kier molecular flexibility index (Phi) is 8.24. The van der Waals surface area contributed by atoms with Crippen molar-refractivity contribution in [2.45, 2.75) is 36.6 Å². The third kappa shape index (κ3) is 5.97. The molecule has 4 heterocycles. The van der Waals surface area contributed by atoms with Gasteiger partial charge in [0, 0.05) is 19.5 Å². The average molecular weight is 621 g/mol. The predicted molar refractivity (Wildman–Crippen MR) is 158 cm³/mol. The molecule has 1 atom stereocenters. The maximum absolute atomic E-state index is 14.8. The van der Waals surface area contributed by atoms with Crippen molar-refractivity contribution >= 4 is 15.9 Å². The Morgan fingerprint density at radius 2 is 1.64 bits per heavy atom. The monoisotopic (exact) mass is 620 g/mol. The second kappa shape index (κ2) is 12.3. The fraction of sp³-hybridized carbons (Fsp3) is 0.242. The minimum absolute atomic E-state index is 0.0444. The van der Waals surface area contributed by atoms with Crippen LogP contribution in [0.15, 0.2) is 83.8 Å². The van der Waals surface area contributed by atoms with Crippen molar-refractivity contribution in [2.24, 2.45) is 0 Å². The van der Waals surface area contributed by atoms with Crippen molar-refractivity contribution in [3.8, 4) is 23.0 Å². The van der Waals surface area contributed by atoms with Crippen LogP contribution in [0, 0.1) is 11.6 Å². The molecule has 1 unspecified atom stereocenters. The minimum Gasteiger partial charge on any atom is -0.504 e. The number of fused-ring (bicyclic) bond motifs is 1. The summed E-state index contributed by atoms with van der Waals surface area (Å²) in [5.74, 6) is -1.31. The first-order valence-corrected chi connectivity index (χ1v) is 15.7. The van der Waals surface area contributed by atoms with E-state index in [9.17, 15) is 27.1 Å². The number of nitrogens with zero attached hydrogens (tertiary/aromatic N) is 1. The van der Waals surface area contributed by atoms with Crippen LogP contribution >= 0.6 is 0 Å². The zero-order valence-corrected chi connectivity index (χ0v) is 24.4. The summed E-state index contributed by atoms with van der Waals surface area (Å²) in [5.41, 5.74) is 2.80. The quantitative estimate of drug-likeness (QED) is 0.301. The third-order valence-electron chi connectivity index (χ3n) is 7.78. The number of rotatable bonds is 2. The van der Waals surface area contributed by atoms with Crippen LogP contribution in [0.25, 0.3) is 0 Å². The van der Waals surface area contributed by atoms with Gasteiger partial charge in [-0.3, -0.25) is 4.79 Å². The van der Waals surface area contributed by atoms with E-state index >= 15 is 0 Å². The van der Waals surface area contributed by atoms with Gasteiger partial charge in [-0.2, -0.15) is 4.31 Å². The number of carbonyl (C=O) groups is 1. The first kappa shape index (κ1) is 29.6. The molecule has 8 nitrogen and oxygen atoms in total. The van der Waals surface area contributed by atoms with Gasteiger partial charge in [0.15, 0.2) is 16.4 Å². The fourth-order valence-electron chi connectivity index (χ4n) is 5.60. The number of aryl methyl sites for hydroxylation is 1. The van der Waals surface area contributed by atoms with Crippen LogP contribution in [0.3, 0.4) is 0 Å². The van der Waals surface area contributed by atoms with E-state index in [-0.39, 0.29) is 36.8 Å². The van der Waals surface area contributed by atoms with Crippen molar-refractivity contribution in [3.63, 3.8) is 0 Å². The maximum atomic E-state index is 14.8. The molecule has 4 aromatic rings. The van der Waals surface area contributed by atoms with Gasteiger partial charge in [0.2, 0.25) is 15.9 Å². The Labute approximate surface area is 253 Å². The van der Waals surface area contributed by atoms with Crippen LogP contribution in [0.5, 0.6) is 23.0 Å². The number of ether oxygens (including phenoxy) is 2. The van der Waals surface area contributed by atoms with Crippen molar-refractivity contribution < 1.29 is 36.6 Å². The highest BCUT2D eigenvalue weighted by Crippen LogP contribution is 2.42. The standard InChI is InChI=1S/C33H30F2N2O6S/c34-27-3-1-4-28(35)33(27)44(40,41)37-17-15-23-20-25-11-12-26(23)32(37)22-7-9-24(10-8-22)42-18-2-16-36-31(39)14-6-21-5-13-29(38)30(19-21)43-25/h1,3-5,7-13,19-20,32,38H,2,6,14-18H2,(H,36,39). The van der Waals surface area contributed by atoms with E-state index in [1.165, 1.54) is 6.07 Å². The maximum Gasteiger partial charge on any atom is 0.249 e. The molecule has 2 N–H and O–H groups in total.